The maximum atomic E-state index is 11.8. The number of carbonyl (C=O) groups is 2. The number of benzene rings is 1. The van der Waals surface area contributed by atoms with Gasteiger partial charge in [0.1, 0.15) is 6.04 Å². The molecule has 6 heteroatoms. The molecule has 2 N–H and O–H groups in total. The van der Waals surface area contributed by atoms with Crippen molar-refractivity contribution in [3.8, 4) is 0 Å². The molecule has 1 aromatic rings. The van der Waals surface area contributed by atoms with Crippen LogP contribution in [0.15, 0.2) is 24.3 Å². The third kappa shape index (κ3) is 6.30. The van der Waals surface area contributed by atoms with Crippen molar-refractivity contribution < 1.29 is 14.7 Å². The van der Waals surface area contributed by atoms with Crippen LogP contribution in [0.5, 0.6) is 0 Å². The molecule has 0 aromatic heterocycles. The fourth-order valence-corrected chi connectivity index (χ4v) is 2.27. The topological polar surface area (TPSA) is 66.4 Å². The Morgan fingerprint density at radius 2 is 2.00 bits per heavy atom. The molecule has 0 bridgehead atoms. The third-order valence-electron chi connectivity index (χ3n) is 2.80. The summed E-state index contributed by atoms with van der Waals surface area (Å²) in [6, 6.07) is 6.46. The lowest BCUT2D eigenvalue weighted by molar-refractivity contribution is -0.141. The average Bonchev–Trinajstić information content (AvgIpc) is 2.42. The maximum Gasteiger partial charge on any atom is 0.326 e. The Morgan fingerprint density at radius 3 is 2.55 bits per heavy atom. The highest BCUT2D eigenvalue weighted by molar-refractivity contribution is 7.98. The number of rotatable bonds is 8. The molecule has 4 nitrogen and oxygen atoms in total. The number of carboxylic acids is 1. The second kappa shape index (κ2) is 8.87. The lowest BCUT2D eigenvalue weighted by Gasteiger charge is -2.13. The highest BCUT2D eigenvalue weighted by Gasteiger charge is 2.18. The van der Waals surface area contributed by atoms with Crippen LogP contribution in [0.2, 0.25) is 5.02 Å². The van der Waals surface area contributed by atoms with Crippen LogP contribution in [0.4, 0.5) is 0 Å². The van der Waals surface area contributed by atoms with E-state index in [1.54, 1.807) is 23.9 Å². The van der Waals surface area contributed by atoms with E-state index < -0.39 is 12.0 Å². The van der Waals surface area contributed by atoms with Gasteiger partial charge in [-0.05, 0) is 42.5 Å². The Balaban J connectivity index is 2.41. The van der Waals surface area contributed by atoms with Crippen molar-refractivity contribution in [1.82, 2.24) is 5.32 Å². The van der Waals surface area contributed by atoms with Crippen LogP contribution in [0.3, 0.4) is 0 Å². The van der Waals surface area contributed by atoms with Gasteiger partial charge in [-0.3, -0.25) is 4.79 Å². The van der Waals surface area contributed by atoms with Crippen molar-refractivity contribution in [2.24, 2.45) is 0 Å². The maximum absolute atomic E-state index is 11.8. The second-order valence-electron chi connectivity index (χ2n) is 4.37. The van der Waals surface area contributed by atoms with Gasteiger partial charge in [-0.15, -0.1) is 0 Å². The summed E-state index contributed by atoms with van der Waals surface area (Å²) in [6.07, 6.45) is 3.17. The van der Waals surface area contributed by atoms with Crippen LogP contribution in [-0.4, -0.2) is 35.0 Å². The van der Waals surface area contributed by atoms with Crippen LogP contribution in [-0.2, 0) is 16.0 Å². The number of carbonyl (C=O) groups excluding carboxylic acids is 1. The molecule has 0 aliphatic rings. The summed E-state index contributed by atoms with van der Waals surface area (Å²) >= 11 is 7.34. The largest absolute Gasteiger partial charge is 0.480 e. The minimum absolute atomic E-state index is 0.242. The summed E-state index contributed by atoms with van der Waals surface area (Å²) < 4.78 is 0. The first-order chi connectivity index (χ1) is 9.52. The lowest BCUT2D eigenvalue weighted by Crippen LogP contribution is -2.41. The van der Waals surface area contributed by atoms with Gasteiger partial charge in [0.05, 0.1) is 0 Å². The van der Waals surface area contributed by atoms with Crippen molar-refractivity contribution in [2.45, 2.75) is 25.3 Å². The third-order valence-corrected chi connectivity index (χ3v) is 3.69. The number of hydrogen-bond donors (Lipinski definition) is 2. The summed E-state index contributed by atoms with van der Waals surface area (Å²) in [7, 11) is 0. The molecule has 1 atom stereocenters. The number of carboxylic acid groups (broad SMARTS) is 1. The first-order valence-electron chi connectivity index (χ1n) is 6.28. The van der Waals surface area contributed by atoms with E-state index in [0.29, 0.717) is 23.6 Å². The molecular weight excluding hydrogens is 298 g/mol. The van der Waals surface area contributed by atoms with E-state index in [0.717, 1.165) is 5.56 Å². The smallest absolute Gasteiger partial charge is 0.326 e. The summed E-state index contributed by atoms with van der Waals surface area (Å²) in [6.45, 7) is 0. The van der Waals surface area contributed by atoms with Gasteiger partial charge in [-0.1, -0.05) is 23.7 Å². The Kier molecular flexibility index (Phi) is 7.47. The van der Waals surface area contributed by atoms with E-state index in [1.165, 1.54) is 0 Å². The quantitative estimate of drug-likeness (QED) is 0.774. The lowest BCUT2D eigenvalue weighted by atomic mass is 10.1. The summed E-state index contributed by atoms with van der Waals surface area (Å²) in [5.74, 6) is -0.527. The monoisotopic (exact) mass is 315 g/mol. The number of aryl methyl sites for hydroxylation is 1. The van der Waals surface area contributed by atoms with Crippen molar-refractivity contribution in [3.63, 3.8) is 0 Å². The van der Waals surface area contributed by atoms with E-state index in [2.05, 4.69) is 5.32 Å². The first-order valence-corrected chi connectivity index (χ1v) is 8.05. The molecule has 0 spiro atoms. The molecule has 1 aromatic carbocycles. The zero-order valence-electron chi connectivity index (χ0n) is 11.3. The Labute approximate surface area is 127 Å². The minimum Gasteiger partial charge on any atom is -0.480 e. The number of hydrogen-bond acceptors (Lipinski definition) is 3. The highest BCUT2D eigenvalue weighted by atomic mass is 35.5. The predicted octanol–water partition coefficient (Wildman–Crippen LogP) is 2.60. The Morgan fingerprint density at radius 1 is 1.35 bits per heavy atom. The SMILES string of the molecule is CSCCC(NC(=O)CCc1ccc(Cl)cc1)C(=O)O. The van der Waals surface area contributed by atoms with Gasteiger partial charge in [0.25, 0.3) is 0 Å². The van der Waals surface area contributed by atoms with Gasteiger partial charge >= 0.3 is 5.97 Å². The number of thioether (sulfide) groups is 1. The number of halogens is 1. The van der Waals surface area contributed by atoms with Gasteiger partial charge in [0, 0.05) is 11.4 Å². The van der Waals surface area contributed by atoms with Gasteiger partial charge in [-0.25, -0.2) is 4.79 Å². The number of nitrogens with one attached hydrogen (secondary N) is 1. The highest BCUT2D eigenvalue weighted by Crippen LogP contribution is 2.11. The second-order valence-corrected chi connectivity index (χ2v) is 5.79. The Hall–Kier alpha value is -1.20. The Bertz CT molecular complexity index is 450. The fourth-order valence-electron chi connectivity index (χ4n) is 1.67. The van der Waals surface area contributed by atoms with Gasteiger partial charge in [0.15, 0.2) is 0 Å². The first kappa shape index (κ1) is 16.9. The van der Waals surface area contributed by atoms with Crippen molar-refractivity contribution in [1.29, 1.82) is 0 Å². The van der Waals surface area contributed by atoms with Gasteiger partial charge in [-0.2, -0.15) is 11.8 Å². The van der Waals surface area contributed by atoms with Crippen LogP contribution in [0.25, 0.3) is 0 Å². The zero-order valence-corrected chi connectivity index (χ0v) is 12.8. The van der Waals surface area contributed by atoms with Crippen molar-refractivity contribution in [2.75, 3.05) is 12.0 Å². The van der Waals surface area contributed by atoms with E-state index >= 15 is 0 Å². The van der Waals surface area contributed by atoms with E-state index in [-0.39, 0.29) is 12.3 Å². The summed E-state index contributed by atoms with van der Waals surface area (Å²) in [4.78, 5) is 22.8. The molecular formula is C14H18ClNO3S. The van der Waals surface area contributed by atoms with Gasteiger partial charge in [0.2, 0.25) is 5.91 Å². The molecule has 0 saturated carbocycles. The van der Waals surface area contributed by atoms with Crippen LogP contribution >= 0.6 is 23.4 Å². The number of amides is 1. The standard InChI is InChI=1S/C14H18ClNO3S/c1-20-9-8-12(14(18)19)16-13(17)7-4-10-2-5-11(15)6-3-10/h2-3,5-6,12H,4,7-9H2,1H3,(H,16,17)(H,18,19). The van der Waals surface area contributed by atoms with E-state index in [1.807, 2.05) is 18.4 Å². The molecule has 0 aliphatic heterocycles. The molecule has 20 heavy (non-hydrogen) atoms. The fraction of sp³-hybridized carbons (Fsp3) is 0.429. The molecule has 0 fully saturated rings. The van der Waals surface area contributed by atoms with E-state index in [4.69, 9.17) is 16.7 Å². The van der Waals surface area contributed by atoms with Crippen molar-refractivity contribution >= 4 is 35.2 Å². The summed E-state index contributed by atoms with van der Waals surface area (Å²) in [5.41, 5.74) is 1.00. The molecule has 1 unspecified atom stereocenters. The molecule has 0 aliphatic carbocycles. The molecule has 110 valence electrons. The molecule has 0 saturated heterocycles. The molecule has 0 heterocycles. The van der Waals surface area contributed by atoms with Gasteiger partial charge < -0.3 is 10.4 Å². The summed E-state index contributed by atoms with van der Waals surface area (Å²) in [5, 5.41) is 12.2. The normalized spacial score (nSPS) is 11.9. The van der Waals surface area contributed by atoms with Crippen LogP contribution in [0.1, 0.15) is 18.4 Å². The average molecular weight is 316 g/mol. The van der Waals surface area contributed by atoms with Crippen molar-refractivity contribution in [3.05, 3.63) is 34.9 Å². The minimum atomic E-state index is -0.987. The molecule has 1 rings (SSSR count). The number of aliphatic carboxylic acids is 1. The van der Waals surface area contributed by atoms with Crippen LogP contribution < -0.4 is 5.32 Å². The molecule has 1 amide bonds. The van der Waals surface area contributed by atoms with Crippen LogP contribution in [0, 0.1) is 0 Å². The molecule has 0 radical (unpaired) electrons. The van der Waals surface area contributed by atoms with E-state index in [9.17, 15) is 9.59 Å². The zero-order chi connectivity index (χ0) is 15.0. The predicted molar refractivity (Wildman–Crippen MR) is 82.3 cm³/mol.